The van der Waals surface area contributed by atoms with Crippen LogP contribution >= 0.6 is 12.4 Å². The summed E-state index contributed by atoms with van der Waals surface area (Å²) in [5, 5.41) is 3.58. The van der Waals surface area contributed by atoms with Gasteiger partial charge in [-0.05, 0) is 31.4 Å². The zero-order chi connectivity index (χ0) is 16.6. The van der Waals surface area contributed by atoms with Gasteiger partial charge in [0, 0.05) is 44.0 Å². The highest BCUT2D eigenvalue weighted by Crippen LogP contribution is 2.35. The van der Waals surface area contributed by atoms with Crippen LogP contribution in [-0.4, -0.2) is 39.5 Å². The van der Waals surface area contributed by atoms with Gasteiger partial charge in [-0.2, -0.15) is 0 Å². The Morgan fingerprint density at radius 3 is 2.88 bits per heavy atom. The van der Waals surface area contributed by atoms with E-state index >= 15 is 0 Å². The molecule has 1 aliphatic carbocycles. The highest BCUT2D eigenvalue weighted by atomic mass is 35.5. The lowest BCUT2D eigenvalue weighted by Gasteiger charge is -2.49. The molecule has 2 aromatic rings. The first-order valence-electron chi connectivity index (χ1n) is 9.12. The number of piperazine rings is 1. The van der Waals surface area contributed by atoms with Crippen LogP contribution in [0.3, 0.4) is 0 Å². The van der Waals surface area contributed by atoms with Crippen LogP contribution in [0.5, 0.6) is 0 Å². The molecule has 0 radical (unpaired) electrons. The van der Waals surface area contributed by atoms with Crippen molar-refractivity contribution in [2.45, 2.75) is 51.1 Å². The maximum atomic E-state index is 12.5. The van der Waals surface area contributed by atoms with E-state index in [2.05, 4.69) is 10.2 Å². The van der Waals surface area contributed by atoms with Gasteiger partial charge >= 0.3 is 0 Å². The summed E-state index contributed by atoms with van der Waals surface area (Å²) in [4.78, 5) is 19.8. The molecule has 1 saturated heterocycles. The van der Waals surface area contributed by atoms with Gasteiger partial charge in [0.15, 0.2) is 0 Å². The Hall–Kier alpha value is -1.43. The summed E-state index contributed by atoms with van der Waals surface area (Å²) >= 11 is 0. The van der Waals surface area contributed by atoms with Gasteiger partial charge in [0.1, 0.15) is 5.65 Å². The number of aryl methyl sites for hydroxylation is 1. The van der Waals surface area contributed by atoms with Gasteiger partial charge in [0.2, 0.25) is 0 Å². The minimum Gasteiger partial charge on any atom is -0.314 e. The van der Waals surface area contributed by atoms with Gasteiger partial charge in [-0.25, -0.2) is 4.98 Å². The van der Waals surface area contributed by atoms with Crippen LogP contribution in [0.25, 0.3) is 5.65 Å². The van der Waals surface area contributed by atoms with E-state index in [0.29, 0.717) is 0 Å². The quantitative estimate of drug-likeness (QED) is 0.891. The largest absolute Gasteiger partial charge is 0.314 e. The lowest BCUT2D eigenvalue weighted by Crippen LogP contribution is -2.61. The molecule has 0 aromatic carbocycles. The van der Waals surface area contributed by atoms with Crippen LogP contribution < -0.4 is 10.9 Å². The second kappa shape index (κ2) is 7.44. The van der Waals surface area contributed by atoms with E-state index in [1.54, 1.807) is 16.7 Å². The van der Waals surface area contributed by atoms with E-state index in [4.69, 9.17) is 4.98 Å². The van der Waals surface area contributed by atoms with Crippen molar-refractivity contribution >= 4 is 18.1 Å². The maximum absolute atomic E-state index is 12.5. The highest BCUT2D eigenvalue weighted by molar-refractivity contribution is 5.85. The number of pyridine rings is 1. The molecule has 2 aromatic heterocycles. The summed E-state index contributed by atoms with van der Waals surface area (Å²) in [6.45, 7) is 5.92. The van der Waals surface area contributed by atoms with Gasteiger partial charge in [-0.3, -0.25) is 14.1 Å². The van der Waals surface area contributed by atoms with Gasteiger partial charge in [-0.1, -0.05) is 25.3 Å². The van der Waals surface area contributed by atoms with Gasteiger partial charge in [-0.15, -0.1) is 12.4 Å². The van der Waals surface area contributed by atoms with Crippen molar-refractivity contribution in [1.29, 1.82) is 0 Å². The number of hydrogen-bond donors (Lipinski definition) is 1. The second-order valence-corrected chi connectivity index (χ2v) is 7.35. The fourth-order valence-electron chi connectivity index (χ4n) is 4.42. The van der Waals surface area contributed by atoms with E-state index in [1.807, 2.05) is 19.1 Å². The van der Waals surface area contributed by atoms with Crippen LogP contribution in [-0.2, 0) is 6.54 Å². The summed E-state index contributed by atoms with van der Waals surface area (Å²) in [5.41, 5.74) is 3.01. The van der Waals surface area contributed by atoms with Crippen molar-refractivity contribution in [3.05, 3.63) is 46.0 Å². The Bertz CT molecular complexity index is 789. The molecular formula is C19H27ClN4O. The third-order valence-corrected chi connectivity index (χ3v) is 5.76. The summed E-state index contributed by atoms with van der Waals surface area (Å²) in [5.74, 6) is 0. The molecule has 1 aliphatic heterocycles. The Morgan fingerprint density at radius 1 is 1.28 bits per heavy atom. The number of fused-ring (bicyclic) bond motifs is 1. The van der Waals surface area contributed by atoms with Crippen LogP contribution in [0.2, 0.25) is 0 Å². The first-order chi connectivity index (χ1) is 11.7. The van der Waals surface area contributed by atoms with Crippen LogP contribution in [0, 0.1) is 6.92 Å². The van der Waals surface area contributed by atoms with Gasteiger partial charge in [0.25, 0.3) is 5.56 Å². The van der Waals surface area contributed by atoms with Crippen molar-refractivity contribution in [2.75, 3.05) is 19.6 Å². The molecule has 2 aliphatic rings. The topological polar surface area (TPSA) is 49.6 Å². The average molecular weight is 363 g/mol. The molecule has 25 heavy (non-hydrogen) atoms. The SMILES string of the molecule is Cc1cccn2c(=O)cc(CN3CCNCC34CCCCC4)nc12.Cl. The summed E-state index contributed by atoms with van der Waals surface area (Å²) < 4.78 is 1.65. The Kier molecular flexibility index (Phi) is 5.46. The van der Waals surface area contributed by atoms with Crippen LogP contribution in [0.4, 0.5) is 0 Å². The minimum absolute atomic E-state index is 0. The molecule has 0 atom stereocenters. The summed E-state index contributed by atoms with van der Waals surface area (Å²) in [6.07, 6.45) is 8.28. The number of hydrogen-bond acceptors (Lipinski definition) is 4. The number of halogens is 1. The lowest BCUT2D eigenvalue weighted by molar-refractivity contribution is 0.0199. The number of rotatable bonds is 2. The Morgan fingerprint density at radius 2 is 2.08 bits per heavy atom. The van der Waals surface area contributed by atoms with Crippen molar-refractivity contribution in [3.63, 3.8) is 0 Å². The first kappa shape index (κ1) is 18.4. The van der Waals surface area contributed by atoms with E-state index in [9.17, 15) is 4.79 Å². The zero-order valence-electron chi connectivity index (χ0n) is 14.8. The fraction of sp³-hybridized carbons (Fsp3) is 0.579. The number of nitrogens with one attached hydrogen (secondary N) is 1. The minimum atomic E-state index is 0. The van der Waals surface area contributed by atoms with Crippen molar-refractivity contribution in [3.8, 4) is 0 Å². The monoisotopic (exact) mass is 362 g/mol. The molecule has 4 rings (SSSR count). The number of nitrogens with zero attached hydrogens (tertiary/aromatic N) is 3. The van der Waals surface area contributed by atoms with Gasteiger partial charge in [0.05, 0.1) is 5.69 Å². The normalized spacial score (nSPS) is 20.5. The standard InChI is InChI=1S/C19H26N4O.ClH/c1-15-6-5-10-23-17(24)12-16(21-18(15)23)13-22-11-9-20-14-19(22)7-3-2-4-8-19;/h5-6,10,12,20H,2-4,7-9,11,13-14H2,1H3;1H. The van der Waals surface area contributed by atoms with E-state index in [-0.39, 0.29) is 23.5 Å². The molecule has 1 saturated carbocycles. The first-order valence-corrected chi connectivity index (χ1v) is 9.12. The molecule has 1 N–H and O–H groups in total. The van der Waals surface area contributed by atoms with Crippen LogP contribution in [0.15, 0.2) is 29.2 Å². The smallest absolute Gasteiger partial charge is 0.258 e. The predicted octanol–water partition coefficient (Wildman–Crippen LogP) is 2.53. The Labute approximate surface area is 154 Å². The molecule has 0 amide bonds. The average Bonchev–Trinajstić information content (AvgIpc) is 2.59. The van der Waals surface area contributed by atoms with E-state index < -0.39 is 0 Å². The molecule has 136 valence electrons. The molecule has 0 unspecified atom stereocenters. The van der Waals surface area contributed by atoms with E-state index in [1.165, 1.54) is 32.1 Å². The molecule has 0 bridgehead atoms. The van der Waals surface area contributed by atoms with Crippen molar-refractivity contribution in [1.82, 2.24) is 19.6 Å². The lowest BCUT2D eigenvalue weighted by atomic mass is 9.79. The summed E-state index contributed by atoms with van der Waals surface area (Å²) in [6, 6.07) is 5.63. The third kappa shape index (κ3) is 3.46. The third-order valence-electron chi connectivity index (χ3n) is 5.76. The van der Waals surface area contributed by atoms with Crippen molar-refractivity contribution < 1.29 is 0 Å². The van der Waals surface area contributed by atoms with Gasteiger partial charge < -0.3 is 5.32 Å². The molecule has 5 nitrogen and oxygen atoms in total. The second-order valence-electron chi connectivity index (χ2n) is 7.35. The Balaban J connectivity index is 0.00000182. The molecule has 6 heteroatoms. The predicted molar refractivity (Wildman–Crippen MR) is 103 cm³/mol. The zero-order valence-corrected chi connectivity index (χ0v) is 15.6. The van der Waals surface area contributed by atoms with Crippen molar-refractivity contribution in [2.24, 2.45) is 0 Å². The molecule has 2 fully saturated rings. The maximum Gasteiger partial charge on any atom is 0.258 e. The molecular weight excluding hydrogens is 336 g/mol. The highest BCUT2D eigenvalue weighted by Gasteiger charge is 2.39. The fourth-order valence-corrected chi connectivity index (χ4v) is 4.42. The molecule has 3 heterocycles. The van der Waals surface area contributed by atoms with Crippen LogP contribution in [0.1, 0.15) is 43.4 Å². The number of aromatic nitrogens is 2. The summed E-state index contributed by atoms with van der Waals surface area (Å²) in [7, 11) is 0. The van der Waals surface area contributed by atoms with E-state index in [0.717, 1.165) is 43.1 Å². The molecule has 1 spiro atoms.